The number of hydrogen-bond acceptors (Lipinski definition) is 1. The molecule has 2 heteroatoms. The highest BCUT2D eigenvalue weighted by Gasteiger charge is 2.54. The summed E-state index contributed by atoms with van der Waals surface area (Å²) in [4.78, 5) is 6.46. The molecule has 2 aliphatic carbocycles. The van der Waals surface area contributed by atoms with Gasteiger partial charge in [-0.05, 0) is 81.3 Å². The standard InChI is InChI=1S/C31H34N2/c1-33(2)31(24-14-7-4-8-15-24)21-20-30(27(22-31)23-12-5-3-6-13-23)19-11-17-26-25-16-9-10-18-28(25)32-29(26)30/h3-10,12-16,18,27,32H,11,17,19-22H2,1-2H3. The molecule has 1 fully saturated rings. The van der Waals surface area contributed by atoms with E-state index in [0.29, 0.717) is 5.92 Å². The topological polar surface area (TPSA) is 19.0 Å². The molecule has 0 radical (unpaired) electrons. The zero-order valence-corrected chi connectivity index (χ0v) is 19.9. The molecule has 168 valence electrons. The Kier molecular flexibility index (Phi) is 4.96. The molecule has 3 atom stereocenters. The molecule has 3 aromatic carbocycles. The number of H-pyrrole nitrogens is 1. The molecular formula is C31H34N2. The molecule has 6 rings (SSSR count). The predicted octanol–water partition coefficient (Wildman–Crippen LogP) is 7.17. The average molecular weight is 435 g/mol. The average Bonchev–Trinajstić information content (AvgIpc) is 3.26. The number of nitrogens with zero attached hydrogens (tertiary/aromatic N) is 1. The van der Waals surface area contributed by atoms with Gasteiger partial charge in [-0.2, -0.15) is 0 Å². The van der Waals surface area contributed by atoms with Gasteiger partial charge in [-0.25, -0.2) is 0 Å². The first-order chi connectivity index (χ1) is 16.1. The summed E-state index contributed by atoms with van der Waals surface area (Å²) < 4.78 is 0. The zero-order chi connectivity index (χ0) is 22.5. The van der Waals surface area contributed by atoms with Gasteiger partial charge in [0.1, 0.15) is 0 Å². The van der Waals surface area contributed by atoms with Crippen molar-refractivity contribution in [2.45, 2.75) is 55.4 Å². The van der Waals surface area contributed by atoms with E-state index in [4.69, 9.17) is 0 Å². The number of fused-ring (bicyclic) bond motifs is 4. The highest BCUT2D eigenvalue weighted by atomic mass is 15.1. The fraction of sp³-hybridized carbons (Fsp3) is 0.355. The molecule has 1 N–H and O–H groups in total. The van der Waals surface area contributed by atoms with Crippen LogP contribution in [-0.4, -0.2) is 24.0 Å². The van der Waals surface area contributed by atoms with Crippen LogP contribution in [0.1, 0.15) is 60.4 Å². The largest absolute Gasteiger partial charge is 0.358 e. The smallest absolute Gasteiger partial charge is 0.0461 e. The van der Waals surface area contributed by atoms with Gasteiger partial charge < -0.3 is 4.98 Å². The summed E-state index contributed by atoms with van der Waals surface area (Å²) in [5.41, 5.74) is 7.59. The van der Waals surface area contributed by atoms with Gasteiger partial charge in [0, 0.05) is 27.6 Å². The van der Waals surface area contributed by atoms with Crippen LogP contribution in [0.3, 0.4) is 0 Å². The number of benzene rings is 3. The molecule has 4 aromatic rings. The monoisotopic (exact) mass is 434 g/mol. The lowest BCUT2D eigenvalue weighted by molar-refractivity contribution is 0.0403. The summed E-state index contributed by atoms with van der Waals surface area (Å²) in [7, 11) is 4.56. The molecule has 1 spiro atoms. The summed E-state index contributed by atoms with van der Waals surface area (Å²) in [6, 6.07) is 31.5. The van der Waals surface area contributed by atoms with Gasteiger partial charge in [0.05, 0.1) is 0 Å². The van der Waals surface area contributed by atoms with Crippen LogP contribution in [0.25, 0.3) is 10.9 Å². The van der Waals surface area contributed by atoms with Crippen LogP contribution in [0.2, 0.25) is 0 Å². The quantitative estimate of drug-likeness (QED) is 0.362. The molecule has 33 heavy (non-hydrogen) atoms. The van der Waals surface area contributed by atoms with Gasteiger partial charge >= 0.3 is 0 Å². The third-order valence-corrected chi connectivity index (χ3v) is 8.92. The van der Waals surface area contributed by atoms with Crippen LogP contribution in [0.4, 0.5) is 0 Å². The van der Waals surface area contributed by atoms with Crippen molar-refractivity contribution in [1.29, 1.82) is 0 Å². The predicted molar refractivity (Wildman–Crippen MR) is 138 cm³/mol. The van der Waals surface area contributed by atoms with E-state index in [9.17, 15) is 0 Å². The number of aryl methyl sites for hydroxylation is 1. The van der Waals surface area contributed by atoms with E-state index >= 15 is 0 Å². The minimum absolute atomic E-state index is 0.0522. The van der Waals surface area contributed by atoms with Crippen molar-refractivity contribution < 1.29 is 0 Å². The van der Waals surface area contributed by atoms with Crippen LogP contribution >= 0.6 is 0 Å². The molecule has 0 amide bonds. The highest BCUT2D eigenvalue weighted by molar-refractivity contribution is 5.85. The van der Waals surface area contributed by atoms with Gasteiger partial charge in [-0.1, -0.05) is 78.9 Å². The van der Waals surface area contributed by atoms with Crippen LogP contribution in [0, 0.1) is 0 Å². The molecule has 1 saturated carbocycles. The summed E-state index contributed by atoms with van der Waals surface area (Å²) in [5, 5.41) is 1.44. The molecule has 1 heterocycles. The second-order valence-corrected chi connectivity index (χ2v) is 10.5. The summed E-state index contributed by atoms with van der Waals surface area (Å²) >= 11 is 0. The number of nitrogens with one attached hydrogen (secondary N) is 1. The van der Waals surface area contributed by atoms with Crippen molar-refractivity contribution >= 4 is 10.9 Å². The number of rotatable bonds is 3. The van der Waals surface area contributed by atoms with Crippen LogP contribution in [0.15, 0.2) is 84.9 Å². The van der Waals surface area contributed by atoms with E-state index in [-0.39, 0.29) is 11.0 Å². The van der Waals surface area contributed by atoms with E-state index in [1.165, 1.54) is 59.8 Å². The minimum Gasteiger partial charge on any atom is -0.358 e. The third-order valence-electron chi connectivity index (χ3n) is 8.92. The number of para-hydroxylation sites is 1. The number of aromatic amines is 1. The summed E-state index contributed by atoms with van der Waals surface area (Å²) in [6.45, 7) is 0. The molecule has 2 aliphatic rings. The third kappa shape index (κ3) is 3.11. The van der Waals surface area contributed by atoms with E-state index in [1.807, 2.05) is 0 Å². The van der Waals surface area contributed by atoms with Crippen molar-refractivity contribution in [3.8, 4) is 0 Å². The Morgan fingerprint density at radius 2 is 1.48 bits per heavy atom. The van der Waals surface area contributed by atoms with E-state index in [1.54, 1.807) is 5.56 Å². The summed E-state index contributed by atoms with van der Waals surface area (Å²) in [6.07, 6.45) is 7.27. The van der Waals surface area contributed by atoms with Crippen molar-refractivity contribution in [3.05, 3.63) is 107 Å². The SMILES string of the molecule is CN(C)C1(c2ccccc2)CCC2(CCCc3c2[nH]c2ccccc32)C(c2ccccc2)C1. The van der Waals surface area contributed by atoms with Crippen LogP contribution in [-0.2, 0) is 17.4 Å². The fourth-order valence-corrected chi connectivity index (χ4v) is 7.23. The van der Waals surface area contributed by atoms with Crippen molar-refractivity contribution in [2.75, 3.05) is 14.1 Å². The van der Waals surface area contributed by atoms with Crippen LogP contribution < -0.4 is 0 Å². The molecule has 2 nitrogen and oxygen atoms in total. The van der Waals surface area contributed by atoms with Gasteiger partial charge in [-0.15, -0.1) is 0 Å². The zero-order valence-electron chi connectivity index (χ0n) is 19.9. The van der Waals surface area contributed by atoms with Crippen LogP contribution in [0.5, 0.6) is 0 Å². The number of aromatic nitrogens is 1. The molecule has 3 unspecified atom stereocenters. The number of hydrogen-bond donors (Lipinski definition) is 1. The van der Waals surface area contributed by atoms with Gasteiger partial charge in [0.25, 0.3) is 0 Å². The first-order valence-electron chi connectivity index (χ1n) is 12.5. The highest BCUT2D eigenvalue weighted by Crippen LogP contribution is 2.60. The Labute approximate surface area is 197 Å². The van der Waals surface area contributed by atoms with E-state index in [0.717, 1.165) is 6.42 Å². The normalized spacial score (nSPS) is 27.2. The van der Waals surface area contributed by atoms with E-state index in [2.05, 4.69) is 109 Å². The minimum atomic E-state index is 0.0522. The molecule has 0 saturated heterocycles. The van der Waals surface area contributed by atoms with E-state index < -0.39 is 0 Å². The maximum Gasteiger partial charge on any atom is 0.0461 e. The Balaban J connectivity index is 1.55. The van der Waals surface area contributed by atoms with Crippen molar-refractivity contribution in [1.82, 2.24) is 9.88 Å². The lowest BCUT2D eigenvalue weighted by Gasteiger charge is -2.55. The van der Waals surface area contributed by atoms with Gasteiger partial charge in [0.15, 0.2) is 0 Å². The molecule has 0 aliphatic heterocycles. The van der Waals surface area contributed by atoms with Gasteiger partial charge in [-0.3, -0.25) is 4.90 Å². The first-order valence-corrected chi connectivity index (χ1v) is 12.5. The van der Waals surface area contributed by atoms with Crippen molar-refractivity contribution in [2.24, 2.45) is 0 Å². The Hall–Kier alpha value is -2.84. The molecular weight excluding hydrogens is 400 g/mol. The van der Waals surface area contributed by atoms with Gasteiger partial charge in [0.2, 0.25) is 0 Å². The fourth-order valence-electron chi connectivity index (χ4n) is 7.23. The molecule has 1 aromatic heterocycles. The maximum atomic E-state index is 3.96. The maximum absolute atomic E-state index is 3.96. The second kappa shape index (κ2) is 7.88. The Bertz CT molecular complexity index is 1260. The Morgan fingerprint density at radius 1 is 0.788 bits per heavy atom. The second-order valence-electron chi connectivity index (χ2n) is 10.5. The Morgan fingerprint density at radius 3 is 2.24 bits per heavy atom. The van der Waals surface area contributed by atoms with Crippen molar-refractivity contribution in [3.63, 3.8) is 0 Å². The lowest BCUT2D eigenvalue weighted by atomic mass is 9.53. The summed E-state index contributed by atoms with van der Waals surface area (Å²) in [5.74, 6) is 0.474. The molecule has 0 bridgehead atoms. The lowest BCUT2D eigenvalue weighted by Crippen LogP contribution is -2.52. The first kappa shape index (κ1) is 20.7.